The third kappa shape index (κ3) is 2.07. The van der Waals surface area contributed by atoms with Crippen LogP contribution in [0, 0.1) is 10.1 Å². The quantitative estimate of drug-likeness (QED) is 0.584. The van der Waals surface area contributed by atoms with E-state index in [0.29, 0.717) is 0 Å². The molecule has 5 nitrogen and oxygen atoms in total. The number of carbonyl (C=O) groups excluding carboxylic acids is 1. The molecule has 0 unspecified atom stereocenters. The third-order valence-electron chi connectivity index (χ3n) is 1.72. The number of hydrogen-bond donors (Lipinski definition) is 1. The molecule has 0 saturated carbocycles. The van der Waals surface area contributed by atoms with Crippen molar-refractivity contribution < 1.29 is 14.8 Å². The second kappa shape index (κ2) is 3.87. The number of ketones is 1. The third-order valence-corrected chi connectivity index (χ3v) is 1.72. The summed E-state index contributed by atoms with van der Waals surface area (Å²) in [4.78, 5) is 20.7. The Labute approximate surface area is 80.1 Å². The molecule has 0 aliphatic carbocycles. The monoisotopic (exact) mass is 195 g/mol. The summed E-state index contributed by atoms with van der Waals surface area (Å²) in [5.74, 6) is -0.590. The number of rotatable bonds is 3. The molecule has 1 N–H and O–H groups in total. The molecule has 0 heterocycles. The number of aromatic hydroxyl groups is 1. The molecule has 0 aliphatic rings. The Morgan fingerprint density at radius 2 is 2.21 bits per heavy atom. The number of phenols is 1. The Hall–Kier alpha value is -1.91. The first kappa shape index (κ1) is 10.2. The molecule has 0 bridgehead atoms. The lowest BCUT2D eigenvalue weighted by atomic mass is 10.1. The number of Topliss-reactive ketones (excluding diaryl/α,β-unsaturated/α-hetero) is 1. The fraction of sp³-hybridized carbons (Fsp3) is 0.222. The lowest BCUT2D eigenvalue weighted by Gasteiger charge is -2.01. The van der Waals surface area contributed by atoms with E-state index in [1.54, 1.807) is 0 Å². The van der Waals surface area contributed by atoms with E-state index < -0.39 is 10.7 Å². The molecule has 0 fully saturated rings. The van der Waals surface area contributed by atoms with Gasteiger partial charge in [-0.25, -0.2) is 0 Å². The number of phenolic OH excluding ortho intramolecular Hbond substituents is 1. The second-order valence-corrected chi connectivity index (χ2v) is 2.92. The molecule has 74 valence electrons. The summed E-state index contributed by atoms with van der Waals surface area (Å²) in [6.07, 6.45) is -0.0370. The first-order valence-electron chi connectivity index (χ1n) is 3.97. The van der Waals surface area contributed by atoms with E-state index >= 15 is 0 Å². The predicted octanol–water partition coefficient (Wildman–Crippen LogP) is 1.43. The van der Waals surface area contributed by atoms with Crippen molar-refractivity contribution in [1.82, 2.24) is 0 Å². The van der Waals surface area contributed by atoms with Crippen molar-refractivity contribution in [3.05, 3.63) is 33.9 Å². The number of nitrogens with zero attached hydrogens (tertiary/aromatic N) is 1. The van der Waals surface area contributed by atoms with Crippen LogP contribution in [0.1, 0.15) is 12.5 Å². The van der Waals surface area contributed by atoms with Crippen molar-refractivity contribution in [2.75, 3.05) is 0 Å². The summed E-state index contributed by atoms with van der Waals surface area (Å²) < 4.78 is 0. The Bertz CT molecular complexity index is 386. The van der Waals surface area contributed by atoms with Gasteiger partial charge in [0, 0.05) is 12.0 Å². The highest BCUT2D eigenvalue weighted by Crippen LogP contribution is 2.29. The summed E-state index contributed by atoms with van der Waals surface area (Å²) in [7, 11) is 0. The molecule has 0 aromatic heterocycles. The van der Waals surface area contributed by atoms with E-state index in [4.69, 9.17) is 0 Å². The molecular formula is C9H9NO4. The van der Waals surface area contributed by atoms with E-state index in [2.05, 4.69) is 0 Å². The minimum Gasteiger partial charge on any atom is -0.502 e. The van der Waals surface area contributed by atoms with Crippen LogP contribution in [0.3, 0.4) is 0 Å². The van der Waals surface area contributed by atoms with Crippen molar-refractivity contribution in [1.29, 1.82) is 0 Å². The van der Waals surface area contributed by atoms with E-state index in [0.717, 1.165) is 0 Å². The zero-order valence-electron chi connectivity index (χ0n) is 7.56. The van der Waals surface area contributed by atoms with Crippen LogP contribution < -0.4 is 0 Å². The number of benzene rings is 1. The number of carbonyl (C=O) groups is 1. The largest absolute Gasteiger partial charge is 0.502 e. The SMILES string of the molecule is CC(=O)Cc1cccc(O)c1[N+](=O)[O-]. The van der Waals surface area contributed by atoms with Crippen molar-refractivity contribution in [3.63, 3.8) is 0 Å². The highest BCUT2D eigenvalue weighted by Gasteiger charge is 2.19. The van der Waals surface area contributed by atoms with Gasteiger partial charge in [0.15, 0.2) is 5.75 Å². The van der Waals surface area contributed by atoms with Gasteiger partial charge in [-0.1, -0.05) is 12.1 Å². The van der Waals surface area contributed by atoms with E-state index in [1.165, 1.54) is 25.1 Å². The highest BCUT2D eigenvalue weighted by atomic mass is 16.6. The Balaban J connectivity index is 3.21. The van der Waals surface area contributed by atoms with Gasteiger partial charge in [0.25, 0.3) is 0 Å². The van der Waals surface area contributed by atoms with Gasteiger partial charge < -0.3 is 5.11 Å². The van der Waals surface area contributed by atoms with Gasteiger partial charge in [0.2, 0.25) is 0 Å². The number of hydrogen-bond acceptors (Lipinski definition) is 4. The normalized spacial score (nSPS) is 9.79. The fourth-order valence-corrected chi connectivity index (χ4v) is 1.20. The zero-order chi connectivity index (χ0) is 10.7. The van der Waals surface area contributed by atoms with E-state index in [-0.39, 0.29) is 23.5 Å². The van der Waals surface area contributed by atoms with Crippen LogP contribution in [0.15, 0.2) is 18.2 Å². The lowest BCUT2D eigenvalue weighted by molar-refractivity contribution is -0.386. The molecule has 1 rings (SSSR count). The van der Waals surface area contributed by atoms with Crippen molar-refractivity contribution in [2.45, 2.75) is 13.3 Å². The first-order valence-corrected chi connectivity index (χ1v) is 3.97. The average molecular weight is 195 g/mol. The van der Waals surface area contributed by atoms with Gasteiger partial charge in [-0.3, -0.25) is 14.9 Å². The number of nitro groups is 1. The lowest BCUT2D eigenvalue weighted by Crippen LogP contribution is -2.01. The summed E-state index contributed by atoms with van der Waals surface area (Å²) in [5, 5.41) is 19.8. The Morgan fingerprint density at radius 3 is 2.71 bits per heavy atom. The summed E-state index contributed by atoms with van der Waals surface area (Å²) in [5.41, 5.74) is -0.148. The molecule has 1 aromatic carbocycles. The van der Waals surface area contributed by atoms with Crippen molar-refractivity contribution >= 4 is 11.5 Å². The molecule has 14 heavy (non-hydrogen) atoms. The van der Waals surface area contributed by atoms with Gasteiger partial charge in [0.05, 0.1) is 4.92 Å². The average Bonchev–Trinajstić information content (AvgIpc) is 2.01. The van der Waals surface area contributed by atoms with Crippen LogP contribution in [-0.4, -0.2) is 15.8 Å². The molecule has 0 amide bonds. The molecule has 0 radical (unpaired) electrons. The van der Waals surface area contributed by atoms with Gasteiger partial charge >= 0.3 is 5.69 Å². The highest BCUT2D eigenvalue weighted by molar-refractivity contribution is 5.80. The van der Waals surface area contributed by atoms with Crippen molar-refractivity contribution in [2.24, 2.45) is 0 Å². The number of para-hydroxylation sites is 1. The van der Waals surface area contributed by atoms with Crippen molar-refractivity contribution in [3.8, 4) is 5.75 Å². The zero-order valence-corrected chi connectivity index (χ0v) is 7.56. The summed E-state index contributed by atoms with van der Waals surface area (Å²) in [6, 6.07) is 4.15. The maximum absolute atomic E-state index is 10.8. The van der Waals surface area contributed by atoms with Crippen LogP contribution >= 0.6 is 0 Å². The first-order chi connectivity index (χ1) is 6.52. The smallest absolute Gasteiger partial charge is 0.314 e. The Kier molecular flexibility index (Phi) is 2.81. The number of nitro benzene ring substituents is 1. The Morgan fingerprint density at radius 1 is 1.57 bits per heavy atom. The maximum Gasteiger partial charge on any atom is 0.314 e. The molecule has 5 heteroatoms. The van der Waals surface area contributed by atoms with E-state index in [9.17, 15) is 20.0 Å². The molecule has 0 spiro atoms. The second-order valence-electron chi connectivity index (χ2n) is 2.92. The van der Waals surface area contributed by atoms with Crippen LogP contribution in [0.4, 0.5) is 5.69 Å². The molecule has 1 aromatic rings. The molecule has 0 saturated heterocycles. The minimum absolute atomic E-state index is 0.0370. The molecule has 0 aliphatic heterocycles. The van der Waals surface area contributed by atoms with Gasteiger partial charge in [-0.15, -0.1) is 0 Å². The molecular weight excluding hydrogens is 186 g/mol. The van der Waals surface area contributed by atoms with Crippen LogP contribution in [0.2, 0.25) is 0 Å². The van der Waals surface area contributed by atoms with Crippen LogP contribution in [-0.2, 0) is 11.2 Å². The predicted molar refractivity (Wildman–Crippen MR) is 49.1 cm³/mol. The topological polar surface area (TPSA) is 80.4 Å². The van der Waals surface area contributed by atoms with E-state index in [1.807, 2.05) is 0 Å². The standard InChI is InChI=1S/C9H9NO4/c1-6(11)5-7-3-2-4-8(12)9(7)10(13)14/h2-4,12H,5H2,1H3. The van der Waals surface area contributed by atoms with Crippen LogP contribution in [0.25, 0.3) is 0 Å². The summed E-state index contributed by atoms with van der Waals surface area (Å²) >= 11 is 0. The fourth-order valence-electron chi connectivity index (χ4n) is 1.20. The summed E-state index contributed by atoms with van der Waals surface area (Å²) in [6.45, 7) is 1.34. The molecule has 0 atom stereocenters. The van der Waals surface area contributed by atoms with Crippen LogP contribution in [0.5, 0.6) is 5.75 Å². The van der Waals surface area contributed by atoms with Gasteiger partial charge in [0.1, 0.15) is 5.78 Å². The minimum atomic E-state index is -0.687. The van der Waals surface area contributed by atoms with Gasteiger partial charge in [-0.2, -0.15) is 0 Å². The maximum atomic E-state index is 10.8. The van der Waals surface area contributed by atoms with Gasteiger partial charge in [-0.05, 0) is 13.0 Å².